The van der Waals surface area contributed by atoms with Crippen molar-refractivity contribution in [3.05, 3.63) is 0 Å². The maximum atomic E-state index is 10.7. The number of ether oxygens (including phenoxy) is 1. The molecule has 0 aromatic carbocycles. The lowest BCUT2D eigenvalue weighted by Crippen LogP contribution is -1.89. The van der Waals surface area contributed by atoms with Crippen molar-refractivity contribution in [2.45, 2.75) is 5.16 Å². The summed E-state index contributed by atoms with van der Waals surface area (Å²) in [5.41, 5.74) is 0. The lowest BCUT2D eigenvalue weighted by molar-refractivity contribution is 0.409. The van der Waals surface area contributed by atoms with Gasteiger partial charge in [-0.2, -0.15) is 9.36 Å². The van der Waals surface area contributed by atoms with E-state index in [2.05, 4.69) is 9.36 Å². The quantitative estimate of drug-likeness (QED) is 0.653. The minimum Gasteiger partial charge on any atom is -0.472 e. The van der Waals surface area contributed by atoms with E-state index in [1.165, 1.54) is 13.4 Å². The van der Waals surface area contributed by atoms with Gasteiger partial charge in [0.1, 0.15) is 0 Å². The molecule has 1 atom stereocenters. The highest BCUT2D eigenvalue weighted by Gasteiger charge is 2.05. The van der Waals surface area contributed by atoms with Gasteiger partial charge < -0.3 is 4.74 Å². The van der Waals surface area contributed by atoms with E-state index in [0.717, 1.165) is 11.5 Å². The largest absolute Gasteiger partial charge is 0.472 e. The van der Waals surface area contributed by atoms with Crippen LogP contribution in [0.2, 0.25) is 0 Å². The third kappa shape index (κ3) is 1.51. The summed E-state index contributed by atoms with van der Waals surface area (Å²) in [6.07, 6.45) is 1.53. The first kappa shape index (κ1) is 7.62. The highest BCUT2D eigenvalue weighted by molar-refractivity contribution is 7.84. The summed E-state index contributed by atoms with van der Waals surface area (Å²) in [6.45, 7) is 0. The van der Waals surface area contributed by atoms with Crippen LogP contribution in [0.5, 0.6) is 5.19 Å². The normalized spacial score (nSPS) is 13.0. The fourth-order valence-electron chi connectivity index (χ4n) is 0.397. The van der Waals surface area contributed by atoms with Crippen molar-refractivity contribution in [1.29, 1.82) is 0 Å². The molecule has 0 fully saturated rings. The van der Waals surface area contributed by atoms with E-state index >= 15 is 0 Å². The summed E-state index contributed by atoms with van der Waals surface area (Å²) in [6, 6.07) is 0. The number of nitrogens with zero attached hydrogens (tertiary/aromatic N) is 2. The molecule has 1 aromatic rings. The van der Waals surface area contributed by atoms with Gasteiger partial charge in [0.15, 0.2) is 0 Å². The van der Waals surface area contributed by atoms with Gasteiger partial charge in [-0.15, -0.1) is 0 Å². The standard InChI is InChI=1S/C4H6N2O2S2/c1-8-4-5-3(6-9-4)10(2)7/h1-2H3. The Balaban J connectivity index is 2.88. The second kappa shape index (κ2) is 3.07. The molecular formula is C4H6N2O2S2. The molecule has 1 rings (SSSR count). The van der Waals surface area contributed by atoms with Crippen LogP contribution < -0.4 is 4.74 Å². The summed E-state index contributed by atoms with van der Waals surface area (Å²) < 4.78 is 19.3. The van der Waals surface area contributed by atoms with Gasteiger partial charge in [0.25, 0.3) is 5.19 Å². The summed E-state index contributed by atoms with van der Waals surface area (Å²) in [4.78, 5) is 3.81. The number of methoxy groups -OCH3 is 1. The van der Waals surface area contributed by atoms with Gasteiger partial charge in [0, 0.05) is 17.8 Å². The van der Waals surface area contributed by atoms with Gasteiger partial charge in [-0.3, -0.25) is 4.21 Å². The SMILES string of the molecule is COc1nc(S(C)=O)ns1. The Hall–Kier alpha value is -0.490. The summed E-state index contributed by atoms with van der Waals surface area (Å²) in [7, 11) is 0.401. The Morgan fingerprint density at radius 1 is 1.70 bits per heavy atom. The Morgan fingerprint density at radius 2 is 2.40 bits per heavy atom. The van der Waals surface area contributed by atoms with Crippen molar-refractivity contribution in [2.24, 2.45) is 0 Å². The van der Waals surface area contributed by atoms with E-state index in [0.29, 0.717) is 10.4 Å². The molecule has 0 amide bonds. The summed E-state index contributed by atoms with van der Waals surface area (Å²) >= 11 is 1.10. The summed E-state index contributed by atoms with van der Waals surface area (Å²) in [5, 5.41) is 0.784. The second-order valence-corrected chi connectivity index (χ2v) is 3.49. The Labute approximate surface area is 64.9 Å². The van der Waals surface area contributed by atoms with Crippen LogP contribution in [0, 0.1) is 0 Å². The lowest BCUT2D eigenvalue weighted by Gasteiger charge is -1.85. The van der Waals surface area contributed by atoms with Crippen molar-refractivity contribution >= 4 is 22.3 Å². The van der Waals surface area contributed by atoms with E-state index in [1.54, 1.807) is 0 Å². The topological polar surface area (TPSA) is 52.1 Å². The van der Waals surface area contributed by atoms with Gasteiger partial charge in [-0.25, -0.2) is 0 Å². The highest BCUT2D eigenvalue weighted by atomic mass is 32.2. The fraction of sp³-hybridized carbons (Fsp3) is 0.500. The molecule has 0 aliphatic heterocycles. The average molecular weight is 178 g/mol. The van der Waals surface area contributed by atoms with Gasteiger partial charge in [0.05, 0.1) is 17.9 Å². The minimum atomic E-state index is -1.10. The molecule has 1 heterocycles. The first-order valence-corrected chi connectivity index (χ1v) is 4.78. The van der Waals surface area contributed by atoms with Crippen molar-refractivity contribution in [1.82, 2.24) is 9.36 Å². The molecule has 0 spiro atoms. The van der Waals surface area contributed by atoms with E-state index in [4.69, 9.17) is 4.74 Å². The number of rotatable bonds is 2. The maximum Gasteiger partial charge on any atom is 0.293 e. The first-order chi connectivity index (χ1) is 4.74. The average Bonchev–Trinajstić information content (AvgIpc) is 2.34. The zero-order valence-electron chi connectivity index (χ0n) is 5.53. The number of aromatic nitrogens is 2. The van der Waals surface area contributed by atoms with E-state index in [-0.39, 0.29) is 0 Å². The second-order valence-electron chi connectivity index (χ2n) is 1.50. The van der Waals surface area contributed by atoms with E-state index < -0.39 is 10.8 Å². The molecule has 0 saturated carbocycles. The summed E-state index contributed by atoms with van der Waals surface area (Å²) in [5.74, 6) is 0. The molecule has 0 aliphatic carbocycles. The van der Waals surface area contributed by atoms with Crippen LogP contribution in [0.15, 0.2) is 5.16 Å². The van der Waals surface area contributed by atoms with Crippen LogP contribution in [0.3, 0.4) is 0 Å². The smallest absolute Gasteiger partial charge is 0.293 e. The molecule has 6 heteroatoms. The molecule has 1 aromatic heterocycles. The molecule has 0 aliphatic rings. The zero-order valence-corrected chi connectivity index (χ0v) is 7.16. The molecule has 4 nitrogen and oxygen atoms in total. The van der Waals surface area contributed by atoms with Gasteiger partial charge in [-0.05, 0) is 0 Å². The molecule has 1 unspecified atom stereocenters. The van der Waals surface area contributed by atoms with Crippen molar-refractivity contribution in [2.75, 3.05) is 13.4 Å². The highest BCUT2D eigenvalue weighted by Crippen LogP contribution is 2.13. The van der Waals surface area contributed by atoms with Crippen LogP contribution in [0.1, 0.15) is 0 Å². The predicted molar refractivity (Wildman–Crippen MR) is 38.8 cm³/mol. The molecule has 0 radical (unpaired) electrons. The van der Waals surface area contributed by atoms with Crippen molar-refractivity contribution in [3.8, 4) is 5.19 Å². The predicted octanol–water partition coefficient (Wildman–Crippen LogP) is 0.284. The molecule has 0 saturated heterocycles. The third-order valence-corrected chi connectivity index (χ3v) is 2.31. The van der Waals surface area contributed by atoms with Crippen molar-refractivity contribution in [3.63, 3.8) is 0 Å². The lowest BCUT2D eigenvalue weighted by atomic mass is 11.2. The van der Waals surface area contributed by atoms with E-state index in [9.17, 15) is 4.21 Å². The molecule has 0 N–H and O–H groups in total. The molecular weight excluding hydrogens is 172 g/mol. The van der Waals surface area contributed by atoms with Gasteiger partial charge in [0.2, 0.25) is 5.16 Å². The first-order valence-electron chi connectivity index (χ1n) is 2.45. The van der Waals surface area contributed by atoms with Crippen LogP contribution in [0.25, 0.3) is 0 Å². The van der Waals surface area contributed by atoms with E-state index in [1.807, 2.05) is 0 Å². The monoisotopic (exact) mass is 178 g/mol. The van der Waals surface area contributed by atoms with Gasteiger partial charge >= 0.3 is 0 Å². The minimum absolute atomic E-state index is 0.335. The Morgan fingerprint density at radius 3 is 2.70 bits per heavy atom. The Bertz CT molecular complexity index is 247. The van der Waals surface area contributed by atoms with Crippen molar-refractivity contribution < 1.29 is 8.95 Å². The van der Waals surface area contributed by atoms with Crippen LogP contribution in [0.4, 0.5) is 0 Å². The maximum absolute atomic E-state index is 10.7. The Kier molecular flexibility index (Phi) is 2.34. The molecule has 0 bridgehead atoms. The number of hydrogen-bond donors (Lipinski definition) is 0. The van der Waals surface area contributed by atoms with Crippen LogP contribution in [-0.2, 0) is 10.8 Å². The molecule has 10 heavy (non-hydrogen) atoms. The number of hydrogen-bond acceptors (Lipinski definition) is 5. The van der Waals surface area contributed by atoms with Crippen LogP contribution >= 0.6 is 11.5 Å². The zero-order chi connectivity index (χ0) is 7.56. The third-order valence-electron chi connectivity index (χ3n) is 0.820. The molecule has 56 valence electrons. The van der Waals surface area contributed by atoms with Crippen LogP contribution in [-0.4, -0.2) is 26.9 Å². The fourth-order valence-corrected chi connectivity index (χ4v) is 1.60. The van der Waals surface area contributed by atoms with Gasteiger partial charge in [-0.1, -0.05) is 0 Å².